The van der Waals surface area contributed by atoms with Crippen LogP contribution in [0.2, 0.25) is 0 Å². The second-order valence-corrected chi connectivity index (χ2v) is 9.37. The summed E-state index contributed by atoms with van der Waals surface area (Å²) in [4.78, 5) is 2.62. The van der Waals surface area contributed by atoms with Crippen LogP contribution in [0, 0.1) is 16.7 Å². The zero-order valence-corrected chi connectivity index (χ0v) is 15.7. The second kappa shape index (κ2) is 6.14. The molecule has 0 spiro atoms. The topological polar surface area (TPSA) is 15.3 Å². The Morgan fingerprint density at radius 2 is 1.75 bits per heavy atom. The summed E-state index contributed by atoms with van der Waals surface area (Å²) in [7, 11) is 0. The van der Waals surface area contributed by atoms with Gasteiger partial charge in [0.1, 0.15) is 0 Å². The highest BCUT2D eigenvalue weighted by Gasteiger charge is 2.61. The molecule has 1 aromatic carbocycles. The summed E-state index contributed by atoms with van der Waals surface area (Å²) in [5.74, 6) is 0.943. The Bertz CT molecular complexity index is 559. The van der Waals surface area contributed by atoms with Crippen molar-refractivity contribution in [3.63, 3.8) is 0 Å². The molecule has 2 bridgehead atoms. The van der Waals surface area contributed by atoms with E-state index in [-0.39, 0.29) is 0 Å². The highest BCUT2D eigenvalue weighted by Crippen LogP contribution is 2.65. The van der Waals surface area contributed by atoms with Gasteiger partial charge in [-0.3, -0.25) is 4.90 Å². The summed E-state index contributed by atoms with van der Waals surface area (Å²) in [5, 5.41) is 4.10. The lowest BCUT2D eigenvalue weighted by Gasteiger charge is -2.42. The molecule has 2 nitrogen and oxygen atoms in total. The number of benzene rings is 1. The van der Waals surface area contributed by atoms with Gasteiger partial charge in [0.25, 0.3) is 0 Å². The van der Waals surface area contributed by atoms with E-state index in [9.17, 15) is 0 Å². The van der Waals surface area contributed by atoms with Gasteiger partial charge < -0.3 is 5.32 Å². The van der Waals surface area contributed by atoms with E-state index >= 15 is 0 Å². The van der Waals surface area contributed by atoms with E-state index in [4.69, 9.17) is 0 Å². The van der Waals surface area contributed by atoms with Crippen molar-refractivity contribution in [2.24, 2.45) is 16.7 Å². The molecule has 3 aliphatic rings. The van der Waals surface area contributed by atoms with E-state index in [1.54, 1.807) is 0 Å². The molecule has 0 aromatic heterocycles. The maximum absolute atomic E-state index is 4.10. The number of likely N-dealkylation sites (tertiary alicyclic amines) is 1. The van der Waals surface area contributed by atoms with Gasteiger partial charge in [0.2, 0.25) is 0 Å². The van der Waals surface area contributed by atoms with Gasteiger partial charge in [-0.15, -0.1) is 0 Å². The number of hydrogen-bond acceptors (Lipinski definition) is 2. The fourth-order valence-corrected chi connectivity index (χ4v) is 5.84. The van der Waals surface area contributed by atoms with E-state index in [0.29, 0.717) is 10.8 Å². The Labute approximate surface area is 148 Å². The molecular formula is C22H34N2. The minimum atomic E-state index is 0.513. The Morgan fingerprint density at radius 3 is 2.33 bits per heavy atom. The molecule has 0 amide bonds. The summed E-state index contributed by atoms with van der Waals surface area (Å²) < 4.78 is 0. The van der Waals surface area contributed by atoms with Crippen LogP contribution in [0.5, 0.6) is 0 Å². The van der Waals surface area contributed by atoms with Crippen LogP contribution in [0.4, 0.5) is 0 Å². The molecule has 3 atom stereocenters. The third-order valence-corrected chi connectivity index (χ3v) is 8.07. The molecule has 132 valence electrons. The summed E-state index contributed by atoms with van der Waals surface area (Å²) in [6.07, 6.45) is 6.91. The first kappa shape index (κ1) is 16.6. The van der Waals surface area contributed by atoms with Gasteiger partial charge in [-0.25, -0.2) is 0 Å². The van der Waals surface area contributed by atoms with Crippen molar-refractivity contribution in [3.8, 4) is 0 Å². The number of fused-ring (bicyclic) bond motifs is 2. The maximum atomic E-state index is 4.10. The van der Waals surface area contributed by atoms with Crippen molar-refractivity contribution in [2.45, 2.75) is 71.5 Å². The molecule has 2 saturated carbocycles. The zero-order valence-electron chi connectivity index (χ0n) is 15.7. The molecule has 1 aliphatic heterocycles. The standard InChI is InChI=1S/C22H34N2/c1-21(2)18-9-12-22(21,3)20(15-18)23-19-10-13-24(14-11-19)16-17-7-5-4-6-8-17/h4-8,18-20,23H,9-16H2,1-3H3/t18-,20-,22+/m1/s1. The minimum absolute atomic E-state index is 0.513. The van der Waals surface area contributed by atoms with Gasteiger partial charge >= 0.3 is 0 Å². The summed E-state index contributed by atoms with van der Waals surface area (Å²) in [6, 6.07) is 12.4. The van der Waals surface area contributed by atoms with Crippen LogP contribution in [0.25, 0.3) is 0 Å². The fourth-order valence-electron chi connectivity index (χ4n) is 5.84. The van der Waals surface area contributed by atoms with E-state index < -0.39 is 0 Å². The number of hydrogen-bond donors (Lipinski definition) is 1. The van der Waals surface area contributed by atoms with Crippen LogP contribution in [-0.4, -0.2) is 30.1 Å². The van der Waals surface area contributed by atoms with Crippen LogP contribution in [0.3, 0.4) is 0 Å². The molecule has 4 rings (SSSR count). The molecule has 2 aliphatic carbocycles. The first-order chi connectivity index (χ1) is 11.5. The quantitative estimate of drug-likeness (QED) is 0.879. The lowest BCUT2D eigenvalue weighted by Crippen LogP contribution is -2.51. The van der Waals surface area contributed by atoms with Crippen molar-refractivity contribution >= 4 is 0 Å². The van der Waals surface area contributed by atoms with Gasteiger partial charge in [0.05, 0.1) is 0 Å². The van der Waals surface area contributed by atoms with Crippen molar-refractivity contribution in [1.29, 1.82) is 0 Å². The van der Waals surface area contributed by atoms with E-state index in [1.807, 2.05) is 0 Å². The normalized spacial score (nSPS) is 36.3. The van der Waals surface area contributed by atoms with Crippen LogP contribution >= 0.6 is 0 Å². The number of piperidine rings is 1. The van der Waals surface area contributed by atoms with Crippen molar-refractivity contribution in [1.82, 2.24) is 10.2 Å². The molecule has 1 saturated heterocycles. The predicted molar refractivity (Wildman–Crippen MR) is 101 cm³/mol. The average Bonchev–Trinajstić information content (AvgIpc) is 2.91. The van der Waals surface area contributed by atoms with Gasteiger partial charge in [0.15, 0.2) is 0 Å². The number of nitrogens with one attached hydrogen (secondary N) is 1. The van der Waals surface area contributed by atoms with Gasteiger partial charge in [0, 0.05) is 18.6 Å². The highest BCUT2D eigenvalue weighted by atomic mass is 15.1. The van der Waals surface area contributed by atoms with Crippen LogP contribution in [0.15, 0.2) is 30.3 Å². The van der Waals surface area contributed by atoms with Crippen molar-refractivity contribution in [2.75, 3.05) is 13.1 Å². The first-order valence-electron chi connectivity index (χ1n) is 10.0. The Hall–Kier alpha value is -0.860. The van der Waals surface area contributed by atoms with E-state index in [1.165, 1.54) is 50.8 Å². The SMILES string of the molecule is CC1(C)[C@@H]2CC[C@@]1(C)[C@H](NC1CCN(Cc3ccccc3)CC1)C2. The molecule has 3 fully saturated rings. The average molecular weight is 327 g/mol. The summed E-state index contributed by atoms with van der Waals surface area (Å²) >= 11 is 0. The number of nitrogens with zero attached hydrogens (tertiary/aromatic N) is 1. The molecule has 1 N–H and O–H groups in total. The van der Waals surface area contributed by atoms with Crippen molar-refractivity contribution < 1.29 is 0 Å². The Morgan fingerprint density at radius 1 is 1.04 bits per heavy atom. The van der Waals surface area contributed by atoms with Crippen molar-refractivity contribution in [3.05, 3.63) is 35.9 Å². The first-order valence-corrected chi connectivity index (χ1v) is 10.0. The van der Waals surface area contributed by atoms with Gasteiger partial charge in [-0.1, -0.05) is 51.1 Å². The second-order valence-electron chi connectivity index (χ2n) is 9.37. The summed E-state index contributed by atoms with van der Waals surface area (Å²) in [6.45, 7) is 11.2. The molecule has 2 heteroatoms. The van der Waals surface area contributed by atoms with Crippen LogP contribution < -0.4 is 5.32 Å². The van der Waals surface area contributed by atoms with Gasteiger partial charge in [-0.05, 0) is 67.5 Å². The molecule has 0 radical (unpaired) electrons. The lowest BCUT2D eigenvalue weighted by molar-refractivity contribution is 0.103. The predicted octanol–water partition coefficient (Wildman–Crippen LogP) is 4.46. The van der Waals surface area contributed by atoms with E-state index in [0.717, 1.165) is 24.5 Å². The zero-order chi connectivity index (χ0) is 16.8. The smallest absolute Gasteiger partial charge is 0.0233 e. The largest absolute Gasteiger partial charge is 0.311 e. The lowest BCUT2D eigenvalue weighted by atomic mass is 9.69. The molecule has 1 aromatic rings. The molecule has 1 heterocycles. The van der Waals surface area contributed by atoms with Gasteiger partial charge in [-0.2, -0.15) is 0 Å². The van der Waals surface area contributed by atoms with Crippen LogP contribution in [0.1, 0.15) is 58.4 Å². The van der Waals surface area contributed by atoms with Crippen LogP contribution in [-0.2, 0) is 6.54 Å². The highest BCUT2D eigenvalue weighted by molar-refractivity contribution is 5.15. The third-order valence-electron chi connectivity index (χ3n) is 8.07. The number of rotatable bonds is 4. The van der Waals surface area contributed by atoms with E-state index in [2.05, 4.69) is 61.3 Å². The molecule has 0 unspecified atom stereocenters. The molecule has 24 heavy (non-hydrogen) atoms. The molecular weight excluding hydrogens is 292 g/mol. The Kier molecular flexibility index (Phi) is 4.25. The summed E-state index contributed by atoms with van der Waals surface area (Å²) in [5.41, 5.74) is 2.49. The minimum Gasteiger partial charge on any atom is -0.311 e. The fraction of sp³-hybridized carbons (Fsp3) is 0.727. The Balaban J connectivity index is 1.30. The maximum Gasteiger partial charge on any atom is 0.0233 e. The third kappa shape index (κ3) is 2.72. The monoisotopic (exact) mass is 326 g/mol.